The molecule has 1 amide bonds. The number of alkyl carbamates (subject to hydrolysis) is 1. The van der Waals surface area contributed by atoms with E-state index < -0.39 is 6.09 Å². The Morgan fingerprint density at radius 1 is 1.30 bits per heavy atom. The molecule has 5 nitrogen and oxygen atoms in total. The van der Waals surface area contributed by atoms with Gasteiger partial charge in [0.05, 0.1) is 18.0 Å². The van der Waals surface area contributed by atoms with Crippen LogP contribution in [-0.4, -0.2) is 24.2 Å². The van der Waals surface area contributed by atoms with Gasteiger partial charge < -0.3 is 14.8 Å². The van der Waals surface area contributed by atoms with E-state index in [9.17, 15) is 4.79 Å². The summed E-state index contributed by atoms with van der Waals surface area (Å²) in [6.45, 7) is 8.75. The maximum atomic E-state index is 11.7. The summed E-state index contributed by atoms with van der Waals surface area (Å²) < 4.78 is 10.2. The van der Waals surface area contributed by atoms with E-state index in [-0.39, 0.29) is 18.1 Å². The summed E-state index contributed by atoms with van der Waals surface area (Å²) in [6, 6.07) is 5.59. The van der Waals surface area contributed by atoms with E-state index in [0.717, 1.165) is 5.69 Å². The monoisotopic (exact) mass is 280 g/mol. The number of rotatable bonds is 5. The molecule has 1 atom stereocenters. The molecular formula is C15H24N2O3. The first-order valence-corrected chi connectivity index (χ1v) is 6.70. The third kappa shape index (κ3) is 5.57. The fourth-order valence-corrected chi connectivity index (χ4v) is 1.41. The van der Waals surface area contributed by atoms with E-state index in [1.54, 1.807) is 7.11 Å². The van der Waals surface area contributed by atoms with Gasteiger partial charge >= 0.3 is 6.09 Å². The number of nitrogens with zero attached hydrogens (tertiary/aromatic N) is 1. The molecule has 0 radical (unpaired) electrons. The Hall–Kier alpha value is -1.62. The lowest BCUT2D eigenvalue weighted by molar-refractivity contribution is 0.126. The SMILES string of the molecule is COCc1cccc(COC(=O)N[C@H](C)C(C)(C)C)n1. The van der Waals surface area contributed by atoms with Crippen LogP contribution < -0.4 is 5.32 Å². The largest absolute Gasteiger partial charge is 0.443 e. The molecule has 0 aromatic carbocycles. The normalized spacial score (nSPS) is 12.8. The summed E-state index contributed by atoms with van der Waals surface area (Å²) in [5, 5.41) is 2.82. The summed E-state index contributed by atoms with van der Waals surface area (Å²) in [5.41, 5.74) is 1.52. The lowest BCUT2D eigenvalue weighted by Crippen LogP contribution is -2.41. The van der Waals surface area contributed by atoms with Crippen LogP contribution in [0.5, 0.6) is 0 Å². The minimum absolute atomic E-state index is 0.00431. The number of aromatic nitrogens is 1. The van der Waals surface area contributed by atoms with E-state index in [2.05, 4.69) is 31.1 Å². The van der Waals surface area contributed by atoms with Gasteiger partial charge in [0.15, 0.2) is 0 Å². The van der Waals surface area contributed by atoms with Gasteiger partial charge in [-0.15, -0.1) is 0 Å². The van der Waals surface area contributed by atoms with Crippen LogP contribution in [0.15, 0.2) is 18.2 Å². The third-order valence-corrected chi connectivity index (χ3v) is 3.14. The lowest BCUT2D eigenvalue weighted by Gasteiger charge is -2.27. The first-order chi connectivity index (χ1) is 9.32. The van der Waals surface area contributed by atoms with Crippen LogP contribution >= 0.6 is 0 Å². The molecule has 0 aliphatic heterocycles. The highest BCUT2D eigenvalue weighted by atomic mass is 16.5. The van der Waals surface area contributed by atoms with Gasteiger partial charge in [0.25, 0.3) is 0 Å². The summed E-state index contributed by atoms with van der Waals surface area (Å²) in [4.78, 5) is 16.0. The molecule has 1 heterocycles. The Morgan fingerprint density at radius 2 is 1.90 bits per heavy atom. The zero-order chi connectivity index (χ0) is 15.2. The van der Waals surface area contributed by atoms with Crippen LogP contribution in [0.3, 0.4) is 0 Å². The van der Waals surface area contributed by atoms with Crippen LogP contribution in [0.4, 0.5) is 4.79 Å². The van der Waals surface area contributed by atoms with E-state index >= 15 is 0 Å². The van der Waals surface area contributed by atoms with Crippen molar-refractivity contribution in [3.63, 3.8) is 0 Å². The second-order valence-corrected chi connectivity index (χ2v) is 5.86. The average molecular weight is 280 g/mol. The summed E-state index contributed by atoms with van der Waals surface area (Å²) in [5.74, 6) is 0. The zero-order valence-corrected chi connectivity index (χ0v) is 12.9. The molecule has 20 heavy (non-hydrogen) atoms. The Labute approximate surface area is 120 Å². The Kier molecular flexibility index (Phi) is 5.95. The molecule has 0 spiro atoms. The lowest BCUT2D eigenvalue weighted by atomic mass is 9.88. The van der Waals surface area contributed by atoms with Gasteiger partial charge in [-0.3, -0.25) is 4.98 Å². The number of nitrogens with one attached hydrogen (secondary N) is 1. The number of methoxy groups -OCH3 is 1. The minimum Gasteiger partial charge on any atom is -0.443 e. The topological polar surface area (TPSA) is 60.5 Å². The highest BCUT2D eigenvalue weighted by Gasteiger charge is 2.22. The summed E-state index contributed by atoms with van der Waals surface area (Å²) in [7, 11) is 1.62. The van der Waals surface area contributed by atoms with Crippen molar-refractivity contribution in [1.29, 1.82) is 0 Å². The van der Waals surface area contributed by atoms with Crippen LogP contribution in [0.1, 0.15) is 39.1 Å². The molecule has 1 rings (SSSR count). The van der Waals surface area contributed by atoms with Crippen molar-refractivity contribution in [3.8, 4) is 0 Å². The molecule has 5 heteroatoms. The van der Waals surface area contributed by atoms with Crippen molar-refractivity contribution in [1.82, 2.24) is 10.3 Å². The predicted molar refractivity (Wildman–Crippen MR) is 77.2 cm³/mol. The third-order valence-electron chi connectivity index (χ3n) is 3.14. The van der Waals surface area contributed by atoms with Gasteiger partial charge in [-0.25, -0.2) is 4.79 Å². The summed E-state index contributed by atoms with van der Waals surface area (Å²) >= 11 is 0. The number of pyridine rings is 1. The van der Waals surface area contributed by atoms with E-state index in [0.29, 0.717) is 12.3 Å². The standard InChI is InChI=1S/C15H24N2O3/c1-11(15(2,3)4)16-14(18)20-10-13-8-6-7-12(17-13)9-19-5/h6-8,11H,9-10H2,1-5H3,(H,16,18)/t11-/m1/s1. The fourth-order valence-electron chi connectivity index (χ4n) is 1.41. The van der Waals surface area contributed by atoms with Crippen LogP contribution in [0.2, 0.25) is 0 Å². The Bertz CT molecular complexity index is 441. The van der Waals surface area contributed by atoms with Gasteiger partial charge in [-0.2, -0.15) is 0 Å². The van der Waals surface area contributed by atoms with Crippen molar-refractivity contribution in [2.75, 3.05) is 7.11 Å². The highest BCUT2D eigenvalue weighted by Crippen LogP contribution is 2.18. The molecule has 0 unspecified atom stereocenters. The van der Waals surface area contributed by atoms with Crippen molar-refractivity contribution >= 4 is 6.09 Å². The van der Waals surface area contributed by atoms with Crippen molar-refractivity contribution in [3.05, 3.63) is 29.6 Å². The van der Waals surface area contributed by atoms with E-state index in [1.165, 1.54) is 0 Å². The van der Waals surface area contributed by atoms with E-state index in [1.807, 2.05) is 25.1 Å². The molecule has 0 saturated carbocycles. The molecule has 0 aliphatic carbocycles. The quantitative estimate of drug-likeness (QED) is 0.901. The number of carbonyl (C=O) groups excluding carboxylic acids is 1. The van der Waals surface area contributed by atoms with Crippen molar-refractivity contribution < 1.29 is 14.3 Å². The maximum absolute atomic E-state index is 11.7. The number of hydrogen-bond acceptors (Lipinski definition) is 4. The Morgan fingerprint density at radius 3 is 2.45 bits per heavy atom. The molecule has 0 bridgehead atoms. The van der Waals surface area contributed by atoms with Crippen LogP contribution in [0.25, 0.3) is 0 Å². The molecule has 0 saturated heterocycles. The maximum Gasteiger partial charge on any atom is 0.407 e. The van der Waals surface area contributed by atoms with Crippen LogP contribution in [-0.2, 0) is 22.7 Å². The van der Waals surface area contributed by atoms with Gasteiger partial charge in [0, 0.05) is 13.2 Å². The second-order valence-electron chi connectivity index (χ2n) is 5.86. The average Bonchev–Trinajstić information content (AvgIpc) is 2.36. The number of ether oxygens (including phenoxy) is 2. The summed E-state index contributed by atoms with van der Waals surface area (Å²) in [6.07, 6.45) is -0.425. The number of amides is 1. The number of hydrogen-bond donors (Lipinski definition) is 1. The van der Waals surface area contributed by atoms with Crippen molar-refractivity contribution in [2.45, 2.75) is 47.0 Å². The predicted octanol–water partition coefficient (Wildman–Crippen LogP) is 2.89. The molecule has 1 aromatic rings. The minimum atomic E-state index is -0.425. The van der Waals surface area contributed by atoms with Gasteiger partial charge in [0.2, 0.25) is 0 Å². The molecular weight excluding hydrogens is 256 g/mol. The molecule has 1 N–H and O–H groups in total. The first-order valence-electron chi connectivity index (χ1n) is 6.70. The fraction of sp³-hybridized carbons (Fsp3) is 0.600. The molecule has 0 aliphatic rings. The smallest absolute Gasteiger partial charge is 0.407 e. The number of carbonyl (C=O) groups is 1. The van der Waals surface area contributed by atoms with Crippen LogP contribution in [0, 0.1) is 5.41 Å². The molecule has 112 valence electrons. The molecule has 0 fully saturated rings. The first kappa shape index (κ1) is 16.4. The second kappa shape index (κ2) is 7.24. The zero-order valence-electron chi connectivity index (χ0n) is 12.9. The highest BCUT2D eigenvalue weighted by molar-refractivity contribution is 5.67. The Balaban J connectivity index is 2.47. The van der Waals surface area contributed by atoms with E-state index in [4.69, 9.17) is 9.47 Å². The van der Waals surface area contributed by atoms with Crippen molar-refractivity contribution in [2.24, 2.45) is 5.41 Å². The van der Waals surface area contributed by atoms with Gasteiger partial charge in [-0.1, -0.05) is 26.8 Å². The van der Waals surface area contributed by atoms with Gasteiger partial charge in [0.1, 0.15) is 6.61 Å². The van der Waals surface area contributed by atoms with Gasteiger partial charge in [-0.05, 0) is 24.5 Å². The molecule has 1 aromatic heterocycles.